The van der Waals surface area contributed by atoms with Crippen molar-refractivity contribution in [2.24, 2.45) is 0 Å². The summed E-state index contributed by atoms with van der Waals surface area (Å²) in [7, 11) is -4.11. The molecule has 0 aliphatic carbocycles. The molecule has 0 saturated carbocycles. The highest BCUT2D eigenvalue weighted by Crippen LogP contribution is 2.23. The van der Waals surface area contributed by atoms with E-state index >= 15 is 0 Å². The largest absolute Gasteiger partial charge is 0.361 e. The fraction of sp³-hybridized carbons (Fsp3) is 0.412. The van der Waals surface area contributed by atoms with Crippen LogP contribution in [0.5, 0.6) is 0 Å². The Labute approximate surface area is 155 Å². The van der Waals surface area contributed by atoms with Gasteiger partial charge >= 0.3 is 0 Å². The number of rotatable bonds is 4. The second-order valence-electron chi connectivity index (χ2n) is 6.19. The maximum Gasteiger partial charge on any atom is 0.259 e. The van der Waals surface area contributed by atoms with E-state index in [1.807, 2.05) is 6.92 Å². The molecule has 0 N–H and O–H groups in total. The van der Waals surface area contributed by atoms with Crippen LogP contribution < -0.4 is 0 Å². The fourth-order valence-electron chi connectivity index (χ4n) is 3.05. The van der Waals surface area contributed by atoms with E-state index in [2.05, 4.69) is 5.16 Å². The zero-order valence-electron chi connectivity index (χ0n) is 14.9. The number of sulfonamides is 1. The average Bonchev–Trinajstić information content (AvgIpc) is 3.01. The molecule has 1 amide bonds. The van der Waals surface area contributed by atoms with Crippen molar-refractivity contribution >= 4 is 15.9 Å². The minimum Gasteiger partial charge on any atom is -0.361 e. The maximum atomic E-state index is 13.9. The smallest absolute Gasteiger partial charge is 0.259 e. The first-order chi connectivity index (χ1) is 12.8. The molecule has 0 atom stereocenters. The quantitative estimate of drug-likeness (QED) is 0.785. The molecule has 1 aliphatic rings. The number of aromatic nitrogens is 1. The lowest BCUT2D eigenvalue weighted by Crippen LogP contribution is -2.50. The summed E-state index contributed by atoms with van der Waals surface area (Å²) in [5.74, 6) is -1.84. The number of amides is 1. The molecule has 3 rings (SSSR count). The molecular formula is C17H19F2N3O4S. The van der Waals surface area contributed by atoms with Crippen molar-refractivity contribution in [2.45, 2.75) is 25.2 Å². The summed E-state index contributed by atoms with van der Waals surface area (Å²) in [5.41, 5.74) is 0.958. The molecule has 1 aliphatic heterocycles. The standard InChI is InChI=1S/C17H19F2N3O4S/c1-3-14-16(11(2)26-20-14)17(23)21-6-8-22(9-7-21)27(24,25)15-5-4-12(18)10-13(15)19/h4-5,10H,3,6-9H2,1-2H3. The van der Waals surface area contributed by atoms with Crippen LogP contribution in [0.4, 0.5) is 8.78 Å². The monoisotopic (exact) mass is 399 g/mol. The second kappa shape index (κ2) is 7.35. The molecular weight excluding hydrogens is 380 g/mol. The van der Waals surface area contributed by atoms with Crippen LogP contribution >= 0.6 is 0 Å². The van der Waals surface area contributed by atoms with Gasteiger partial charge in [-0.3, -0.25) is 4.79 Å². The van der Waals surface area contributed by atoms with Gasteiger partial charge in [-0.05, 0) is 25.5 Å². The summed E-state index contributed by atoms with van der Waals surface area (Å²) < 4.78 is 58.3. The fourth-order valence-corrected chi connectivity index (χ4v) is 4.51. The lowest BCUT2D eigenvalue weighted by Gasteiger charge is -2.34. The van der Waals surface area contributed by atoms with Crippen LogP contribution in [0, 0.1) is 18.6 Å². The Bertz CT molecular complexity index is 967. The first kappa shape index (κ1) is 19.4. The minimum absolute atomic E-state index is 0.0106. The predicted molar refractivity (Wildman–Crippen MR) is 91.6 cm³/mol. The third-order valence-electron chi connectivity index (χ3n) is 4.52. The predicted octanol–water partition coefficient (Wildman–Crippen LogP) is 1.97. The Morgan fingerprint density at radius 1 is 1.22 bits per heavy atom. The first-order valence-electron chi connectivity index (χ1n) is 8.45. The Morgan fingerprint density at radius 2 is 1.89 bits per heavy atom. The molecule has 0 unspecified atom stereocenters. The second-order valence-corrected chi connectivity index (χ2v) is 8.09. The molecule has 1 aromatic heterocycles. The number of hydrogen-bond acceptors (Lipinski definition) is 5. The van der Waals surface area contributed by atoms with Crippen LogP contribution in [0.1, 0.15) is 28.7 Å². The number of carbonyl (C=O) groups excluding carboxylic acids is 1. The third kappa shape index (κ3) is 3.59. The lowest BCUT2D eigenvalue weighted by atomic mass is 10.1. The van der Waals surface area contributed by atoms with Gasteiger partial charge in [-0.25, -0.2) is 17.2 Å². The van der Waals surface area contributed by atoms with Gasteiger partial charge in [0, 0.05) is 32.2 Å². The van der Waals surface area contributed by atoms with Crippen molar-refractivity contribution in [3.63, 3.8) is 0 Å². The van der Waals surface area contributed by atoms with Crippen LogP contribution in [0.2, 0.25) is 0 Å². The zero-order chi connectivity index (χ0) is 19.8. The van der Waals surface area contributed by atoms with Crippen LogP contribution in [0.3, 0.4) is 0 Å². The van der Waals surface area contributed by atoms with Crippen LogP contribution in [0.25, 0.3) is 0 Å². The van der Waals surface area contributed by atoms with Gasteiger partial charge in [0.15, 0.2) is 0 Å². The highest BCUT2D eigenvalue weighted by molar-refractivity contribution is 7.89. The average molecular weight is 399 g/mol. The van der Waals surface area contributed by atoms with E-state index < -0.39 is 26.6 Å². The van der Waals surface area contributed by atoms with Crippen LogP contribution in [-0.4, -0.2) is 54.9 Å². The maximum absolute atomic E-state index is 13.9. The van der Waals surface area contributed by atoms with E-state index in [-0.39, 0.29) is 32.1 Å². The Balaban J connectivity index is 1.75. The lowest BCUT2D eigenvalue weighted by molar-refractivity contribution is 0.0695. The summed E-state index contributed by atoms with van der Waals surface area (Å²) in [6.07, 6.45) is 0.538. The van der Waals surface area contributed by atoms with Crippen molar-refractivity contribution in [1.82, 2.24) is 14.4 Å². The third-order valence-corrected chi connectivity index (χ3v) is 6.45. The Kier molecular flexibility index (Phi) is 5.29. The SMILES string of the molecule is CCc1noc(C)c1C(=O)N1CCN(S(=O)(=O)c2ccc(F)cc2F)CC1. The molecule has 0 bridgehead atoms. The molecule has 0 spiro atoms. The van der Waals surface area contributed by atoms with Gasteiger partial charge < -0.3 is 9.42 Å². The van der Waals surface area contributed by atoms with Gasteiger partial charge in [-0.2, -0.15) is 4.31 Å². The van der Waals surface area contributed by atoms with E-state index in [0.717, 1.165) is 16.4 Å². The van der Waals surface area contributed by atoms with Crippen LogP contribution in [-0.2, 0) is 16.4 Å². The summed E-state index contributed by atoms with van der Waals surface area (Å²) in [4.78, 5) is 13.7. The minimum atomic E-state index is -4.11. The van der Waals surface area contributed by atoms with E-state index in [0.29, 0.717) is 29.5 Å². The summed E-state index contributed by atoms with van der Waals surface area (Å²) in [5, 5.41) is 3.86. The van der Waals surface area contributed by atoms with E-state index in [9.17, 15) is 22.0 Å². The molecule has 146 valence electrons. The molecule has 0 radical (unpaired) electrons. The molecule has 27 heavy (non-hydrogen) atoms. The number of halogens is 2. The topological polar surface area (TPSA) is 83.7 Å². The zero-order valence-corrected chi connectivity index (χ0v) is 15.7. The molecule has 2 heterocycles. The molecule has 1 aromatic carbocycles. The van der Waals surface area contributed by atoms with Gasteiger partial charge in [-0.1, -0.05) is 12.1 Å². The van der Waals surface area contributed by atoms with Gasteiger partial charge in [0.05, 0.1) is 5.69 Å². The number of piperazine rings is 1. The number of hydrogen-bond donors (Lipinski definition) is 0. The van der Waals surface area contributed by atoms with E-state index in [1.54, 1.807) is 6.92 Å². The number of carbonyl (C=O) groups is 1. The molecule has 1 saturated heterocycles. The van der Waals surface area contributed by atoms with Crippen molar-refractivity contribution < 1.29 is 26.5 Å². The summed E-state index contributed by atoms with van der Waals surface area (Å²) in [6.45, 7) is 3.82. The number of benzene rings is 1. The number of nitrogens with zero attached hydrogens (tertiary/aromatic N) is 3. The van der Waals surface area contributed by atoms with Gasteiger partial charge in [0.25, 0.3) is 5.91 Å². The Hall–Kier alpha value is -2.33. The molecule has 10 heteroatoms. The van der Waals surface area contributed by atoms with Gasteiger partial charge in [0.1, 0.15) is 27.9 Å². The number of aryl methyl sites for hydroxylation is 2. The molecule has 2 aromatic rings. The normalized spacial score (nSPS) is 15.9. The van der Waals surface area contributed by atoms with Crippen molar-refractivity contribution in [2.75, 3.05) is 26.2 Å². The Morgan fingerprint density at radius 3 is 2.48 bits per heavy atom. The summed E-state index contributed by atoms with van der Waals surface area (Å²) in [6, 6.07) is 2.34. The highest BCUT2D eigenvalue weighted by Gasteiger charge is 2.33. The molecule has 7 nitrogen and oxygen atoms in total. The van der Waals surface area contributed by atoms with Crippen molar-refractivity contribution in [3.8, 4) is 0 Å². The van der Waals surface area contributed by atoms with Crippen molar-refractivity contribution in [3.05, 3.63) is 46.9 Å². The van der Waals surface area contributed by atoms with Crippen molar-refractivity contribution in [1.29, 1.82) is 0 Å². The molecule has 1 fully saturated rings. The first-order valence-corrected chi connectivity index (χ1v) is 9.89. The highest BCUT2D eigenvalue weighted by atomic mass is 32.2. The van der Waals surface area contributed by atoms with E-state index in [1.165, 1.54) is 4.90 Å². The van der Waals surface area contributed by atoms with E-state index in [4.69, 9.17) is 4.52 Å². The van der Waals surface area contributed by atoms with Crippen LogP contribution in [0.15, 0.2) is 27.6 Å². The van der Waals surface area contributed by atoms with Gasteiger partial charge in [0.2, 0.25) is 10.0 Å². The summed E-state index contributed by atoms with van der Waals surface area (Å²) >= 11 is 0. The van der Waals surface area contributed by atoms with Gasteiger partial charge in [-0.15, -0.1) is 0 Å².